The molecule has 0 unspecified atom stereocenters. The fraction of sp³-hybridized carbons (Fsp3) is 0.235. The van der Waals surface area contributed by atoms with Gasteiger partial charge in [0.2, 0.25) is 11.7 Å². The minimum absolute atomic E-state index is 0.131. The van der Waals surface area contributed by atoms with E-state index in [1.54, 1.807) is 0 Å². The maximum absolute atomic E-state index is 12.0. The van der Waals surface area contributed by atoms with Crippen LogP contribution in [0.4, 0.5) is 5.69 Å². The van der Waals surface area contributed by atoms with Crippen molar-refractivity contribution in [3.8, 4) is 11.4 Å². The molecule has 2 N–H and O–H groups in total. The molecule has 0 aliphatic rings. The third-order valence-electron chi connectivity index (χ3n) is 3.80. The van der Waals surface area contributed by atoms with E-state index < -0.39 is 16.7 Å². The van der Waals surface area contributed by atoms with Gasteiger partial charge in [-0.2, -0.15) is 10.1 Å². The van der Waals surface area contributed by atoms with Gasteiger partial charge in [-0.05, 0) is 6.92 Å². The number of amides is 2. The van der Waals surface area contributed by atoms with Crippen LogP contribution in [-0.2, 0) is 11.3 Å². The van der Waals surface area contributed by atoms with Gasteiger partial charge in [-0.3, -0.25) is 24.4 Å². The summed E-state index contributed by atoms with van der Waals surface area (Å²) >= 11 is 0. The first-order valence-electron chi connectivity index (χ1n) is 8.55. The van der Waals surface area contributed by atoms with Crippen molar-refractivity contribution in [3.05, 3.63) is 58.2 Å². The van der Waals surface area contributed by atoms with Gasteiger partial charge in [0.25, 0.3) is 0 Å². The van der Waals surface area contributed by atoms with Crippen molar-refractivity contribution in [3.63, 3.8) is 0 Å². The van der Waals surface area contributed by atoms with Crippen LogP contribution in [0, 0.1) is 17.0 Å². The number of aryl methyl sites for hydroxylation is 1. The number of nitro groups is 1. The Morgan fingerprint density at radius 3 is 2.62 bits per heavy atom. The van der Waals surface area contributed by atoms with Gasteiger partial charge in [0.15, 0.2) is 0 Å². The average molecular weight is 399 g/mol. The van der Waals surface area contributed by atoms with Crippen LogP contribution < -0.4 is 10.6 Å². The molecular formula is C17H17N7O5. The molecule has 0 aliphatic carbocycles. The predicted octanol–water partition coefficient (Wildman–Crippen LogP) is 0.696. The van der Waals surface area contributed by atoms with Crippen LogP contribution in [0.2, 0.25) is 0 Å². The minimum Gasteiger partial charge on any atom is -0.353 e. The van der Waals surface area contributed by atoms with Gasteiger partial charge in [0.1, 0.15) is 18.9 Å². The molecule has 2 aromatic heterocycles. The number of nitrogens with one attached hydrogen (secondary N) is 2. The van der Waals surface area contributed by atoms with Crippen molar-refractivity contribution in [1.29, 1.82) is 0 Å². The SMILES string of the molecule is Cc1ccc(-c2noc(C(=O)NCCNC(=O)Cn3cc([N+](=O)[O-])cn3)n2)cc1. The molecule has 3 aromatic rings. The topological polar surface area (TPSA) is 158 Å². The molecule has 150 valence electrons. The van der Waals surface area contributed by atoms with E-state index >= 15 is 0 Å². The van der Waals surface area contributed by atoms with E-state index in [1.807, 2.05) is 31.2 Å². The maximum atomic E-state index is 12.0. The Morgan fingerprint density at radius 2 is 1.93 bits per heavy atom. The van der Waals surface area contributed by atoms with Crippen LogP contribution in [0.15, 0.2) is 41.2 Å². The van der Waals surface area contributed by atoms with E-state index in [9.17, 15) is 19.7 Å². The molecule has 0 bridgehead atoms. The van der Waals surface area contributed by atoms with E-state index in [2.05, 4.69) is 25.9 Å². The third-order valence-corrected chi connectivity index (χ3v) is 3.80. The molecule has 0 fully saturated rings. The molecule has 0 spiro atoms. The van der Waals surface area contributed by atoms with E-state index in [0.29, 0.717) is 5.82 Å². The van der Waals surface area contributed by atoms with Gasteiger partial charge in [0, 0.05) is 18.7 Å². The Morgan fingerprint density at radius 1 is 1.21 bits per heavy atom. The number of hydrogen-bond acceptors (Lipinski definition) is 8. The summed E-state index contributed by atoms with van der Waals surface area (Å²) < 4.78 is 6.11. The molecule has 12 nitrogen and oxygen atoms in total. The maximum Gasteiger partial charge on any atom is 0.316 e. The molecular weight excluding hydrogens is 382 g/mol. The zero-order valence-corrected chi connectivity index (χ0v) is 15.4. The lowest BCUT2D eigenvalue weighted by molar-refractivity contribution is -0.385. The van der Waals surface area contributed by atoms with E-state index in [-0.39, 0.29) is 31.2 Å². The van der Waals surface area contributed by atoms with Crippen LogP contribution in [0.25, 0.3) is 11.4 Å². The van der Waals surface area contributed by atoms with Gasteiger partial charge in [-0.15, -0.1) is 0 Å². The summed E-state index contributed by atoms with van der Waals surface area (Å²) in [4.78, 5) is 37.9. The molecule has 0 aliphatic heterocycles. The highest BCUT2D eigenvalue weighted by Gasteiger charge is 2.16. The molecule has 29 heavy (non-hydrogen) atoms. The first kappa shape index (κ1) is 19.7. The highest BCUT2D eigenvalue weighted by atomic mass is 16.6. The van der Waals surface area contributed by atoms with Gasteiger partial charge in [0.05, 0.1) is 4.92 Å². The molecule has 0 saturated carbocycles. The summed E-state index contributed by atoms with van der Waals surface area (Å²) in [7, 11) is 0. The summed E-state index contributed by atoms with van der Waals surface area (Å²) in [6, 6.07) is 7.45. The van der Waals surface area contributed by atoms with Crippen molar-refractivity contribution in [1.82, 2.24) is 30.6 Å². The van der Waals surface area contributed by atoms with Gasteiger partial charge >= 0.3 is 17.5 Å². The highest BCUT2D eigenvalue weighted by molar-refractivity contribution is 5.89. The fourth-order valence-corrected chi connectivity index (χ4v) is 2.33. The minimum atomic E-state index is -0.599. The van der Waals surface area contributed by atoms with Crippen molar-refractivity contribution in [2.45, 2.75) is 13.5 Å². The second kappa shape index (κ2) is 8.73. The number of nitrogens with zero attached hydrogens (tertiary/aromatic N) is 5. The Bertz CT molecular complexity index is 1020. The second-order valence-electron chi connectivity index (χ2n) is 6.05. The lowest BCUT2D eigenvalue weighted by Crippen LogP contribution is -2.36. The first-order chi connectivity index (χ1) is 13.9. The standard InChI is InChI=1S/C17H17N7O5/c1-11-2-4-12(5-3-11)15-21-17(29-22-15)16(26)19-7-6-18-14(25)10-23-9-13(8-20-23)24(27)28/h2-5,8-9H,6-7,10H2,1H3,(H,18,25)(H,19,26). The molecule has 0 saturated heterocycles. The molecule has 2 amide bonds. The Balaban J connectivity index is 1.42. The molecule has 2 heterocycles. The van der Waals surface area contributed by atoms with Gasteiger partial charge in [-0.25, -0.2) is 0 Å². The third kappa shape index (κ3) is 5.22. The zero-order valence-electron chi connectivity index (χ0n) is 15.4. The Hall–Kier alpha value is -4.09. The normalized spacial score (nSPS) is 10.5. The largest absolute Gasteiger partial charge is 0.353 e. The molecule has 0 radical (unpaired) electrons. The smallest absolute Gasteiger partial charge is 0.316 e. The van der Waals surface area contributed by atoms with Crippen molar-refractivity contribution < 1.29 is 19.0 Å². The number of carbonyl (C=O) groups is 2. The Kier molecular flexibility index (Phi) is 5.92. The zero-order chi connectivity index (χ0) is 20.8. The fourth-order valence-electron chi connectivity index (χ4n) is 2.33. The molecule has 1 aromatic carbocycles. The van der Waals surface area contributed by atoms with Crippen molar-refractivity contribution in [2.75, 3.05) is 13.1 Å². The monoisotopic (exact) mass is 399 g/mol. The summed E-state index contributed by atoms with van der Waals surface area (Å²) in [6.45, 7) is 2.06. The van der Waals surface area contributed by atoms with Crippen LogP contribution in [0.1, 0.15) is 16.2 Å². The first-order valence-corrected chi connectivity index (χ1v) is 8.55. The molecule has 12 heteroatoms. The summed E-state index contributed by atoms with van der Waals surface area (Å²) in [5.74, 6) is -0.850. The quantitative estimate of drug-likeness (QED) is 0.318. The van der Waals surface area contributed by atoms with Crippen LogP contribution in [0.5, 0.6) is 0 Å². The summed E-state index contributed by atoms with van der Waals surface area (Å²) in [5, 5.41) is 23.2. The van der Waals surface area contributed by atoms with E-state index in [1.165, 1.54) is 0 Å². The number of carbonyl (C=O) groups excluding carboxylic acids is 2. The number of aromatic nitrogens is 4. The predicted molar refractivity (Wildman–Crippen MR) is 98.7 cm³/mol. The van der Waals surface area contributed by atoms with Crippen LogP contribution in [-0.4, -0.2) is 49.7 Å². The van der Waals surface area contributed by atoms with Gasteiger partial charge < -0.3 is 15.2 Å². The molecule has 0 atom stereocenters. The average Bonchev–Trinajstić information content (AvgIpc) is 3.35. The summed E-state index contributed by atoms with van der Waals surface area (Å²) in [6.07, 6.45) is 2.21. The summed E-state index contributed by atoms with van der Waals surface area (Å²) in [5.41, 5.74) is 1.61. The van der Waals surface area contributed by atoms with Gasteiger partial charge in [-0.1, -0.05) is 35.0 Å². The number of benzene rings is 1. The van der Waals surface area contributed by atoms with E-state index in [0.717, 1.165) is 28.2 Å². The second-order valence-corrected chi connectivity index (χ2v) is 6.05. The Labute approximate surface area is 164 Å². The molecule has 3 rings (SSSR count). The lowest BCUT2D eigenvalue weighted by Gasteiger charge is -2.05. The van der Waals surface area contributed by atoms with Crippen molar-refractivity contribution in [2.24, 2.45) is 0 Å². The van der Waals surface area contributed by atoms with E-state index in [4.69, 9.17) is 4.52 Å². The highest BCUT2D eigenvalue weighted by Crippen LogP contribution is 2.16. The van der Waals surface area contributed by atoms with Crippen LogP contribution >= 0.6 is 0 Å². The van der Waals surface area contributed by atoms with Crippen molar-refractivity contribution >= 4 is 17.5 Å². The number of rotatable bonds is 8. The lowest BCUT2D eigenvalue weighted by atomic mass is 10.1. The van der Waals surface area contributed by atoms with Crippen LogP contribution in [0.3, 0.4) is 0 Å². The number of hydrogen-bond donors (Lipinski definition) is 2.